The highest BCUT2D eigenvalue weighted by Crippen LogP contribution is 2.60. The lowest BCUT2D eigenvalue weighted by Crippen LogP contribution is -2.25. The second-order valence-electron chi connectivity index (χ2n) is 9.11. The molecule has 0 unspecified atom stereocenters. The molecule has 0 spiro atoms. The number of ether oxygens (including phenoxy) is 2. The van der Waals surface area contributed by atoms with Crippen LogP contribution in [0.1, 0.15) is 102 Å². The van der Waals surface area contributed by atoms with Crippen LogP contribution in [0.4, 0.5) is 0 Å². The summed E-state index contributed by atoms with van der Waals surface area (Å²) < 4.78 is 12.5. The van der Waals surface area contributed by atoms with E-state index in [-0.39, 0.29) is 17.4 Å². The molecule has 0 saturated heterocycles. The smallest absolute Gasteiger partial charge is 0.305 e. The van der Waals surface area contributed by atoms with Crippen LogP contribution >= 0.6 is 54.5 Å². The fraction of sp³-hybridized carbons (Fsp3) is 0.630. The van der Waals surface area contributed by atoms with Crippen molar-refractivity contribution in [3.05, 3.63) is 30.8 Å². The molecule has 1 aliphatic rings. The van der Waals surface area contributed by atoms with Crippen molar-refractivity contribution in [3.8, 4) is 9.75 Å². The number of unbranched alkanes of at least 4 members (excludes halogenated alkanes) is 6. The molecule has 0 aromatic carbocycles. The summed E-state index contributed by atoms with van der Waals surface area (Å²) in [5.74, 6) is -0.161. The first-order chi connectivity index (χ1) is 16.9. The lowest BCUT2D eigenvalue weighted by atomic mass is 9.71. The van der Waals surface area contributed by atoms with Crippen LogP contribution in [0.2, 0.25) is 0 Å². The molecule has 0 fully saturated rings. The topological polar surface area (TPSA) is 52.6 Å². The zero-order valence-electron chi connectivity index (χ0n) is 20.8. The van der Waals surface area contributed by atoms with Crippen LogP contribution in [-0.2, 0) is 24.5 Å². The number of thiophene rings is 2. The first-order valence-electron chi connectivity index (χ1n) is 12.8. The van der Waals surface area contributed by atoms with E-state index in [0.29, 0.717) is 26.1 Å². The van der Waals surface area contributed by atoms with Gasteiger partial charge >= 0.3 is 11.9 Å². The molecule has 194 valence electrons. The molecule has 2 aromatic heterocycles. The molecule has 0 bridgehead atoms. The Hall–Kier alpha value is -0.700. The molecule has 0 N–H and O–H groups in total. The fourth-order valence-electron chi connectivity index (χ4n) is 5.14. The minimum absolute atomic E-state index is 0.0536. The number of hydrogen-bond donors (Lipinski definition) is 0. The van der Waals surface area contributed by atoms with Gasteiger partial charge in [0.1, 0.15) is 0 Å². The summed E-state index contributed by atoms with van der Waals surface area (Å²) in [6.45, 7) is 4.63. The van der Waals surface area contributed by atoms with Gasteiger partial charge in [0, 0.05) is 28.0 Å². The van der Waals surface area contributed by atoms with E-state index >= 15 is 0 Å². The minimum Gasteiger partial charge on any atom is -0.466 e. The van der Waals surface area contributed by atoms with Crippen LogP contribution in [0.25, 0.3) is 9.75 Å². The largest absolute Gasteiger partial charge is 0.466 e. The Bertz CT molecular complexity index is 904. The van der Waals surface area contributed by atoms with E-state index in [1.807, 2.05) is 36.5 Å². The van der Waals surface area contributed by atoms with Crippen LogP contribution in [0, 0.1) is 0 Å². The molecule has 4 nitrogen and oxygen atoms in total. The van der Waals surface area contributed by atoms with Gasteiger partial charge in [-0.05, 0) is 94.7 Å². The molecule has 2 aromatic rings. The number of esters is 2. The Balaban J connectivity index is 1.62. The highest BCUT2D eigenvalue weighted by Gasteiger charge is 2.45. The van der Waals surface area contributed by atoms with Crippen molar-refractivity contribution < 1.29 is 19.1 Å². The van der Waals surface area contributed by atoms with Crippen LogP contribution in [-0.4, -0.2) is 25.2 Å². The van der Waals surface area contributed by atoms with Crippen molar-refractivity contribution in [1.29, 1.82) is 0 Å². The number of halogens is 2. The summed E-state index contributed by atoms with van der Waals surface area (Å²) in [6, 6.07) is 4.70. The predicted octanol–water partition coefficient (Wildman–Crippen LogP) is 9.41. The van der Waals surface area contributed by atoms with Crippen LogP contribution < -0.4 is 0 Å². The average Bonchev–Trinajstić information content (AvgIpc) is 3.45. The molecule has 3 rings (SSSR count). The summed E-state index contributed by atoms with van der Waals surface area (Å²) in [5, 5.41) is 0. The van der Waals surface area contributed by atoms with E-state index in [2.05, 4.69) is 44.0 Å². The molecule has 2 heterocycles. The summed E-state index contributed by atoms with van der Waals surface area (Å²) in [7, 11) is 0. The van der Waals surface area contributed by atoms with Gasteiger partial charge in [0.15, 0.2) is 0 Å². The van der Waals surface area contributed by atoms with Crippen molar-refractivity contribution in [2.24, 2.45) is 0 Å². The highest BCUT2D eigenvalue weighted by atomic mass is 79.9. The third-order valence-electron chi connectivity index (χ3n) is 6.72. The van der Waals surface area contributed by atoms with E-state index in [0.717, 1.165) is 64.2 Å². The average molecular weight is 649 g/mol. The number of carbonyl (C=O) groups excluding carboxylic acids is 2. The monoisotopic (exact) mass is 646 g/mol. The van der Waals surface area contributed by atoms with E-state index in [9.17, 15) is 9.59 Å². The van der Waals surface area contributed by atoms with Gasteiger partial charge in [0.25, 0.3) is 0 Å². The fourth-order valence-corrected chi connectivity index (χ4v) is 8.70. The lowest BCUT2D eigenvalue weighted by Gasteiger charge is -2.31. The van der Waals surface area contributed by atoms with Crippen LogP contribution in [0.5, 0.6) is 0 Å². The molecular formula is C27H36Br2O4S2. The van der Waals surface area contributed by atoms with Crippen molar-refractivity contribution in [2.75, 3.05) is 13.2 Å². The molecule has 0 atom stereocenters. The van der Waals surface area contributed by atoms with Crippen molar-refractivity contribution in [1.82, 2.24) is 0 Å². The van der Waals surface area contributed by atoms with Gasteiger partial charge in [-0.1, -0.05) is 38.5 Å². The Kier molecular flexibility index (Phi) is 11.8. The number of hydrogen-bond acceptors (Lipinski definition) is 6. The maximum absolute atomic E-state index is 11.6. The zero-order valence-corrected chi connectivity index (χ0v) is 25.6. The summed E-state index contributed by atoms with van der Waals surface area (Å²) in [4.78, 5) is 26.1. The Labute approximate surface area is 234 Å². The van der Waals surface area contributed by atoms with E-state index < -0.39 is 0 Å². The number of rotatable bonds is 16. The molecular weight excluding hydrogens is 612 g/mol. The quantitative estimate of drug-likeness (QED) is 0.135. The summed E-state index contributed by atoms with van der Waals surface area (Å²) in [5.41, 5.74) is 3.03. The zero-order chi connectivity index (χ0) is 25.3. The van der Waals surface area contributed by atoms with Gasteiger partial charge in [0.2, 0.25) is 0 Å². The predicted molar refractivity (Wildman–Crippen MR) is 152 cm³/mol. The SMILES string of the molecule is CCOC(=O)CCCCCCC1(CCCCCCC(=O)OCC)c2cc(Br)sc2-c2sc(Br)cc21. The van der Waals surface area contributed by atoms with Gasteiger partial charge in [-0.2, -0.15) is 0 Å². The van der Waals surface area contributed by atoms with Crippen molar-refractivity contribution in [3.63, 3.8) is 0 Å². The molecule has 35 heavy (non-hydrogen) atoms. The third kappa shape index (κ3) is 7.65. The summed E-state index contributed by atoms with van der Waals surface area (Å²) >= 11 is 11.2. The van der Waals surface area contributed by atoms with Gasteiger partial charge in [-0.25, -0.2) is 0 Å². The Morgan fingerprint density at radius 3 is 1.51 bits per heavy atom. The Morgan fingerprint density at radius 1 is 0.714 bits per heavy atom. The number of fused-ring (bicyclic) bond motifs is 3. The normalized spacial score (nSPS) is 13.5. The first kappa shape index (κ1) is 28.9. The van der Waals surface area contributed by atoms with E-state index in [1.165, 1.54) is 28.5 Å². The van der Waals surface area contributed by atoms with Gasteiger partial charge in [-0.3, -0.25) is 9.59 Å². The van der Waals surface area contributed by atoms with Crippen LogP contribution in [0.3, 0.4) is 0 Å². The number of carbonyl (C=O) groups is 2. The maximum Gasteiger partial charge on any atom is 0.305 e. The lowest BCUT2D eigenvalue weighted by molar-refractivity contribution is -0.144. The second-order valence-corrected chi connectivity index (χ2v) is 14.0. The molecule has 0 aliphatic heterocycles. The molecule has 1 aliphatic carbocycles. The van der Waals surface area contributed by atoms with Crippen molar-refractivity contribution in [2.45, 2.75) is 96.3 Å². The Morgan fingerprint density at radius 2 is 1.11 bits per heavy atom. The molecule has 0 amide bonds. The van der Waals surface area contributed by atoms with Crippen LogP contribution in [0.15, 0.2) is 19.7 Å². The first-order valence-corrected chi connectivity index (χ1v) is 16.0. The van der Waals surface area contributed by atoms with E-state index in [1.54, 1.807) is 0 Å². The van der Waals surface area contributed by atoms with Crippen molar-refractivity contribution >= 4 is 66.5 Å². The maximum atomic E-state index is 11.6. The molecule has 8 heteroatoms. The van der Waals surface area contributed by atoms with Gasteiger partial charge < -0.3 is 9.47 Å². The third-order valence-corrected chi connectivity index (χ3v) is 10.2. The van der Waals surface area contributed by atoms with Gasteiger partial charge in [0.05, 0.1) is 20.8 Å². The molecule has 0 radical (unpaired) electrons. The molecule has 0 saturated carbocycles. The summed E-state index contributed by atoms with van der Waals surface area (Å²) in [6.07, 6.45) is 11.8. The minimum atomic E-state index is -0.0803. The van der Waals surface area contributed by atoms with E-state index in [4.69, 9.17) is 9.47 Å². The standard InChI is InChI=1S/C27H36Br2O4S2/c1-3-32-23(30)13-9-5-7-11-15-27(16-12-8-6-10-14-24(31)33-4-2)19-17-21(28)34-25(19)26-20(27)18-22(29)35-26/h17-18H,3-16H2,1-2H3. The highest BCUT2D eigenvalue weighted by molar-refractivity contribution is 9.11. The van der Waals surface area contributed by atoms with Gasteiger partial charge in [-0.15, -0.1) is 22.7 Å². The second kappa shape index (κ2) is 14.3.